The average molecular weight is 382 g/mol. The van der Waals surface area contributed by atoms with E-state index in [9.17, 15) is 4.79 Å². The van der Waals surface area contributed by atoms with E-state index in [1.807, 2.05) is 11.6 Å². The Kier molecular flexibility index (Phi) is 6.56. The first-order valence-electron chi connectivity index (χ1n) is 10.2. The van der Waals surface area contributed by atoms with Gasteiger partial charge in [0.05, 0.1) is 11.7 Å². The minimum Gasteiger partial charge on any atom is -0.334 e. The van der Waals surface area contributed by atoms with Crippen molar-refractivity contribution >= 4 is 18.3 Å². The molecule has 1 unspecified atom stereocenters. The Morgan fingerprint density at radius 3 is 2.50 bits per heavy atom. The van der Waals surface area contributed by atoms with Crippen LogP contribution in [0.1, 0.15) is 80.0 Å². The summed E-state index contributed by atoms with van der Waals surface area (Å²) in [4.78, 5) is 15.3. The van der Waals surface area contributed by atoms with Crippen molar-refractivity contribution in [2.75, 3.05) is 19.6 Å². The third-order valence-electron chi connectivity index (χ3n) is 6.54. The van der Waals surface area contributed by atoms with Crippen LogP contribution in [0.3, 0.4) is 0 Å². The SMILES string of the molecule is Cc1c(C(=O)N2CCCC2C2CCCCC2)nnn1C1CCNCC1.Cl. The highest BCUT2D eigenvalue weighted by molar-refractivity contribution is 5.93. The van der Waals surface area contributed by atoms with E-state index in [-0.39, 0.29) is 18.3 Å². The quantitative estimate of drug-likeness (QED) is 0.873. The number of rotatable bonds is 3. The molecule has 0 bridgehead atoms. The Morgan fingerprint density at radius 1 is 1.04 bits per heavy atom. The number of carbonyl (C=O) groups is 1. The normalized spacial score (nSPS) is 25.3. The van der Waals surface area contributed by atoms with Gasteiger partial charge in [0.15, 0.2) is 5.69 Å². The molecule has 7 heteroatoms. The van der Waals surface area contributed by atoms with Crippen LogP contribution in [0.5, 0.6) is 0 Å². The predicted molar refractivity (Wildman–Crippen MR) is 104 cm³/mol. The summed E-state index contributed by atoms with van der Waals surface area (Å²) in [5.41, 5.74) is 1.53. The van der Waals surface area contributed by atoms with Crippen LogP contribution in [-0.4, -0.2) is 51.5 Å². The van der Waals surface area contributed by atoms with Gasteiger partial charge in [-0.05, 0) is 64.5 Å². The van der Waals surface area contributed by atoms with Gasteiger partial charge in [0.25, 0.3) is 5.91 Å². The molecule has 6 nitrogen and oxygen atoms in total. The maximum atomic E-state index is 13.2. The molecule has 146 valence electrons. The van der Waals surface area contributed by atoms with E-state index in [1.54, 1.807) is 0 Å². The van der Waals surface area contributed by atoms with Crippen molar-refractivity contribution < 1.29 is 4.79 Å². The Morgan fingerprint density at radius 2 is 1.77 bits per heavy atom. The van der Waals surface area contributed by atoms with E-state index in [1.165, 1.54) is 32.1 Å². The van der Waals surface area contributed by atoms with Crippen LogP contribution >= 0.6 is 12.4 Å². The van der Waals surface area contributed by atoms with Crippen LogP contribution < -0.4 is 5.32 Å². The van der Waals surface area contributed by atoms with Gasteiger partial charge in [-0.3, -0.25) is 4.79 Å². The monoisotopic (exact) mass is 381 g/mol. The van der Waals surface area contributed by atoms with Crippen molar-refractivity contribution in [1.82, 2.24) is 25.2 Å². The Labute approximate surface area is 162 Å². The zero-order valence-electron chi connectivity index (χ0n) is 15.8. The number of hydrogen-bond acceptors (Lipinski definition) is 4. The summed E-state index contributed by atoms with van der Waals surface area (Å²) in [7, 11) is 0. The van der Waals surface area contributed by atoms with Gasteiger partial charge in [0, 0.05) is 12.6 Å². The topological polar surface area (TPSA) is 63.1 Å². The van der Waals surface area contributed by atoms with Crippen LogP contribution in [0.2, 0.25) is 0 Å². The fourth-order valence-corrected chi connectivity index (χ4v) is 5.13. The highest BCUT2D eigenvalue weighted by Gasteiger charge is 2.37. The van der Waals surface area contributed by atoms with Crippen LogP contribution in [0.15, 0.2) is 0 Å². The summed E-state index contributed by atoms with van der Waals surface area (Å²) < 4.78 is 2.00. The van der Waals surface area contributed by atoms with E-state index in [4.69, 9.17) is 0 Å². The highest BCUT2D eigenvalue weighted by Crippen LogP contribution is 2.35. The summed E-state index contributed by atoms with van der Waals surface area (Å²) in [5, 5.41) is 12.1. The number of hydrogen-bond donors (Lipinski definition) is 1. The molecule has 0 aromatic carbocycles. The van der Waals surface area contributed by atoms with Crippen molar-refractivity contribution in [3.8, 4) is 0 Å². The van der Waals surface area contributed by atoms with E-state index in [0.717, 1.165) is 51.0 Å². The number of likely N-dealkylation sites (tertiary alicyclic amines) is 1. The molecular weight excluding hydrogens is 350 g/mol. The van der Waals surface area contributed by atoms with E-state index in [0.29, 0.717) is 23.7 Å². The number of nitrogens with zero attached hydrogens (tertiary/aromatic N) is 4. The molecule has 1 aromatic rings. The predicted octanol–water partition coefficient (Wildman–Crippen LogP) is 3.12. The summed E-state index contributed by atoms with van der Waals surface area (Å²) in [5.74, 6) is 0.811. The molecule has 0 spiro atoms. The second kappa shape index (κ2) is 8.70. The van der Waals surface area contributed by atoms with Crippen molar-refractivity contribution in [2.24, 2.45) is 5.92 Å². The van der Waals surface area contributed by atoms with Gasteiger partial charge in [-0.25, -0.2) is 4.68 Å². The van der Waals surface area contributed by atoms with Crippen LogP contribution in [0, 0.1) is 12.8 Å². The molecule has 4 rings (SSSR count). The molecule has 3 heterocycles. The third kappa shape index (κ3) is 3.77. The molecule has 1 saturated carbocycles. The van der Waals surface area contributed by atoms with Crippen molar-refractivity contribution in [3.05, 3.63) is 11.4 Å². The van der Waals surface area contributed by atoms with E-state index < -0.39 is 0 Å². The Bertz CT molecular complexity index is 607. The summed E-state index contributed by atoms with van der Waals surface area (Å²) in [6.45, 7) is 4.94. The van der Waals surface area contributed by atoms with Gasteiger partial charge in [0.2, 0.25) is 0 Å². The molecule has 2 saturated heterocycles. The molecule has 3 fully saturated rings. The summed E-state index contributed by atoms with van der Waals surface area (Å²) >= 11 is 0. The molecule has 2 aliphatic heterocycles. The minimum atomic E-state index is 0. The number of nitrogens with one attached hydrogen (secondary N) is 1. The van der Waals surface area contributed by atoms with Gasteiger partial charge in [-0.15, -0.1) is 17.5 Å². The molecule has 3 aliphatic rings. The number of carbonyl (C=O) groups excluding carboxylic acids is 1. The fourth-order valence-electron chi connectivity index (χ4n) is 5.13. The van der Waals surface area contributed by atoms with Gasteiger partial charge >= 0.3 is 0 Å². The summed E-state index contributed by atoms with van der Waals surface area (Å²) in [6, 6.07) is 0.805. The molecule has 1 amide bonds. The molecule has 1 aliphatic carbocycles. The molecule has 26 heavy (non-hydrogen) atoms. The Hall–Kier alpha value is -1.14. The van der Waals surface area contributed by atoms with Gasteiger partial charge in [0.1, 0.15) is 0 Å². The van der Waals surface area contributed by atoms with Crippen molar-refractivity contribution in [3.63, 3.8) is 0 Å². The maximum absolute atomic E-state index is 13.2. The summed E-state index contributed by atoms with van der Waals surface area (Å²) in [6.07, 6.45) is 11.0. The average Bonchev–Trinajstić information content (AvgIpc) is 3.29. The number of aromatic nitrogens is 3. The first kappa shape index (κ1) is 19.6. The maximum Gasteiger partial charge on any atom is 0.276 e. The minimum absolute atomic E-state index is 0. The molecular formula is C19H32ClN5O. The first-order chi connectivity index (χ1) is 12.3. The molecule has 1 atom stereocenters. The van der Waals surface area contributed by atoms with Gasteiger partial charge < -0.3 is 10.2 Å². The van der Waals surface area contributed by atoms with Crippen molar-refractivity contribution in [2.45, 2.75) is 76.8 Å². The lowest BCUT2D eigenvalue weighted by atomic mass is 9.83. The molecule has 1 N–H and O–H groups in total. The number of halogens is 1. The van der Waals surface area contributed by atoms with Gasteiger partial charge in [-0.1, -0.05) is 24.5 Å². The van der Waals surface area contributed by atoms with Crippen LogP contribution in [0.4, 0.5) is 0 Å². The largest absolute Gasteiger partial charge is 0.334 e. The smallest absolute Gasteiger partial charge is 0.276 e. The van der Waals surface area contributed by atoms with Crippen LogP contribution in [0.25, 0.3) is 0 Å². The first-order valence-corrected chi connectivity index (χ1v) is 10.2. The lowest BCUT2D eigenvalue weighted by molar-refractivity contribution is 0.0654. The number of amides is 1. The van der Waals surface area contributed by atoms with Crippen LogP contribution in [-0.2, 0) is 0 Å². The van der Waals surface area contributed by atoms with Crippen molar-refractivity contribution in [1.29, 1.82) is 0 Å². The Balaban J connectivity index is 0.00000196. The fraction of sp³-hybridized carbons (Fsp3) is 0.842. The lowest BCUT2D eigenvalue weighted by Gasteiger charge is -2.33. The zero-order chi connectivity index (χ0) is 17.2. The van der Waals surface area contributed by atoms with Gasteiger partial charge in [-0.2, -0.15) is 0 Å². The third-order valence-corrected chi connectivity index (χ3v) is 6.54. The second-order valence-electron chi connectivity index (χ2n) is 8.06. The van der Waals surface area contributed by atoms with E-state index >= 15 is 0 Å². The standard InChI is InChI=1S/C19H31N5O.ClH/c1-14-18(21-22-24(14)16-9-11-20-12-10-16)19(25)23-13-5-8-17(23)15-6-3-2-4-7-15;/h15-17,20H,2-13H2,1H3;1H. The molecule has 0 radical (unpaired) electrons. The number of piperidine rings is 1. The van der Waals surface area contributed by atoms with E-state index in [2.05, 4.69) is 20.5 Å². The lowest BCUT2D eigenvalue weighted by Crippen LogP contribution is -2.41. The zero-order valence-corrected chi connectivity index (χ0v) is 16.6. The molecule has 1 aromatic heterocycles. The highest BCUT2D eigenvalue weighted by atomic mass is 35.5. The second-order valence-corrected chi connectivity index (χ2v) is 8.06.